The van der Waals surface area contributed by atoms with E-state index in [1.165, 1.54) is 38.9 Å². The van der Waals surface area contributed by atoms with Gasteiger partial charge in [0.15, 0.2) is 11.5 Å². The number of rotatable bonds is 5. The van der Waals surface area contributed by atoms with E-state index in [1.807, 2.05) is 0 Å². The standard InChI is InChI=1S/C15H22FNO2/c1-18-14-8-11(12(16)9-15(14)19-2)13(17)7-10-5-3-4-6-10/h8-10,13H,3-7,17H2,1-2H3. The maximum Gasteiger partial charge on any atom is 0.163 e. The lowest BCUT2D eigenvalue weighted by Crippen LogP contribution is -2.16. The van der Waals surface area contributed by atoms with Crippen LogP contribution in [0.4, 0.5) is 4.39 Å². The summed E-state index contributed by atoms with van der Waals surface area (Å²) in [6, 6.07) is 2.74. The van der Waals surface area contributed by atoms with Gasteiger partial charge in [0.1, 0.15) is 5.82 Å². The average Bonchev–Trinajstić information content (AvgIpc) is 2.90. The van der Waals surface area contributed by atoms with E-state index in [2.05, 4.69) is 0 Å². The molecule has 0 spiro atoms. The van der Waals surface area contributed by atoms with Gasteiger partial charge in [-0.25, -0.2) is 4.39 Å². The first kappa shape index (κ1) is 14.1. The third kappa shape index (κ3) is 3.18. The lowest BCUT2D eigenvalue weighted by Gasteiger charge is -2.19. The van der Waals surface area contributed by atoms with Crippen molar-refractivity contribution in [2.75, 3.05) is 14.2 Å². The van der Waals surface area contributed by atoms with Crippen molar-refractivity contribution in [3.05, 3.63) is 23.5 Å². The van der Waals surface area contributed by atoms with Crippen LogP contribution in [0.5, 0.6) is 11.5 Å². The molecule has 4 heteroatoms. The molecule has 1 aromatic rings. The summed E-state index contributed by atoms with van der Waals surface area (Å²) in [5.74, 6) is 1.24. The summed E-state index contributed by atoms with van der Waals surface area (Å²) in [4.78, 5) is 0. The highest BCUT2D eigenvalue weighted by Crippen LogP contribution is 2.36. The number of hydrogen-bond donors (Lipinski definition) is 1. The molecule has 0 saturated heterocycles. The molecule has 1 aliphatic rings. The molecule has 2 N–H and O–H groups in total. The van der Waals surface area contributed by atoms with Gasteiger partial charge < -0.3 is 15.2 Å². The Morgan fingerprint density at radius 1 is 1.21 bits per heavy atom. The van der Waals surface area contributed by atoms with Gasteiger partial charge in [0, 0.05) is 17.7 Å². The minimum Gasteiger partial charge on any atom is -0.493 e. The van der Waals surface area contributed by atoms with Gasteiger partial charge in [-0.05, 0) is 18.4 Å². The molecule has 1 fully saturated rings. The molecule has 0 aliphatic heterocycles. The number of hydrogen-bond acceptors (Lipinski definition) is 3. The Labute approximate surface area is 113 Å². The molecule has 1 aliphatic carbocycles. The van der Waals surface area contributed by atoms with Crippen LogP contribution in [0, 0.1) is 11.7 Å². The van der Waals surface area contributed by atoms with E-state index in [1.54, 1.807) is 13.2 Å². The second-order valence-corrected chi connectivity index (χ2v) is 5.22. The molecule has 1 atom stereocenters. The van der Waals surface area contributed by atoms with E-state index in [0.29, 0.717) is 23.0 Å². The molecule has 1 saturated carbocycles. The topological polar surface area (TPSA) is 44.5 Å². The van der Waals surface area contributed by atoms with E-state index in [0.717, 1.165) is 6.42 Å². The van der Waals surface area contributed by atoms with E-state index in [-0.39, 0.29) is 11.9 Å². The summed E-state index contributed by atoms with van der Waals surface area (Å²) < 4.78 is 24.3. The van der Waals surface area contributed by atoms with Crippen molar-refractivity contribution in [3.63, 3.8) is 0 Å². The van der Waals surface area contributed by atoms with Gasteiger partial charge in [-0.1, -0.05) is 25.7 Å². The molecule has 0 radical (unpaired) electrons. The van der Waals surface area contributed by atoms with E-state index in [4.69, 9.17) is 15.2 Å². The summed E-state index contributed by atoms with van der Waals surface area (Å²) >= 11 is 0. The molecule has 1 unspecified atom stereocenters. The van der Waals surface area contributed by atoms with E-state index < -0.39 is 0 Å². The summed E-state index contributed by atoms with van der Waals surface area (Å²) in [7, 11) is 3.04. The fraction of sp³-hybridized carbons (Fsp3) is 0.600. The normalized spacial score (nSPS) is 17.5. The van der Waals surface area contributed by atoms with Crippen LogP contribution < -0.4 is 15.2 Å². The molecule has 2 rings (SSSR count). The smallest absolute Gasteiger partial charge is 0.163 e. The van der Waals surface area contributed by atoms with Crippen LogP contribution >= 0.6 is 0 Å². The minimum absolute atomic E-state index is 0.275. The molecular weight excluding hydrogens is 245 g/mol. The Bertz CT molecular complexity index is 430. The van der Waals surface area contributed by atoms with Crippen molar-refractivity contribution in [3.8, 4) is 11.5 Å². The number of methoxy groups -OCH3 is 2. The Balaban J connectivity index is 2.17. The van der Waals surface area contributed by atoms with Crippen LogP contribution in [0.3, 0.4) is 0 Å². The number of nitrogens with two attached hydrogens (primary N) is 1. The molecule has 0 heterocycles. The maximum atomic E-state index is 14.1. The number of halogens is 1. The predicted molar refractivity (Wildman–Crippen MR) is 73.0 cm³/mol. The summed E-state index contributed by atoms with van der Waals surface area (Å²) in [5.41, 5.74) is 6.67. The predicted octanol–water partition coefficient (Wildman–Crippen LogP) is 3.42. The summed E-state index contributed by atoms with van der Waals surface area (Å²) in [6.45, 7) is 0. The van der Waals surface area contributed by atoms with Crippen LogP contribution in [-0.2, 0) is 0 Å². The molecular formula is C15H22FNO2. The molecule has 19 heavy (non-hydrogen) atoms. The lowest BCUT2D eigenvalue weighted by atomic mass is 9.93. The van der Waals surface area contributed by atoms with Crippen molar-refractivity contribution in [1.82, 2.24) is 0 Å². The van der Waals surface area contributed by atoms with Gasteiger partial charge in [0.05, 0.1) is 14.2 Å². The molecule has 0 bridgehead atoms. The van der Waals surface area contributed by atoms with Gasteiger partial charge in [-0.3, -0.25) is 0 Å². The highest BCUT2D eigenvalue weighted by Gasteiger charge is 2.22. The van der Waals surface area contributed by atoms with Crippen molar-refractivity contribution in [1.29, 1.82) is 0 Å². The zero-order valence-corrected chi connectivity index (χ0v) is 11.6. The fourth-order valence-electron chi connectivity index (χ4n) is 2.89. The highest BCUT2D eigenvalue weighted by atomic mass is 19.1. The third-order valence-corrected chi connectivity index (χ3v) is 3.96. The molecule has 1 aromatic carbocycles. The quantitative estimate of drug-likeness (QED) is 0.889. The lowest BCUT2D eigenvalue weighted by molar-refractivity contribution is 0.349. The van der Waals surface area contributed by atoms with Gasteiger partial charge in [-0.2, -0.15) is 0 Å². The first-order valence-electron chi connectivity index (χ1n) is 6.82. The Morgan fingerprint density at radius 2 is 1.79 bits per heavy atom. The van der Waals surface area contributed by atoms with Crippen LogP contribution in [0.15, 0.2) is 12.1 Å². The first-order chi connectivity index (χ1) is 9.15. The SMILES string of the molecule is COc1cc(F)c(C(N)CC2CCCC2)cc1OC. The van der Waals surface area contributed by atoms with E-state index >= 15 is 0 Å². The van der Waals surface area contributed by atoms with Crippen molar-refractivity contribution in [2.45, 2.75) is 38.1 Å². The van der Waals surface area contributed by atoms with Crippen LogP contribution in [0.25, 0.3) is 0 Å². The van der Waals surface area contributed by atoms with Crippen molar-refractivity contribution >= 4 is 0 Å². The first-order valence-corrected chi connectivity index (χ1v) is 6.82. The summed E-state index contributed by atoms with van der Waals surface area (Å²) in [5, 5.41) is 0. The third-order valence-electron chi connectivity index (χ3n) is 3.96. The maximum absolute atomic E-state index is 14.1. The zero-order valence-electron chi connectivity index (χ0n) is 11.6. The Kier molecular flexibility index (Phi) is 4.64. The second-order valence-electron chi connectivity index (χ2n) is 5.22. The van der Waals surface area contributed by atoms with Crippen LogP contribution in [-0.4, -0.2) is 14.2 Å². The largest absolute Gasteiger partial charge is 0.493 e. The van der Waals surface area contributed by atoms with Crippen molar-refractivity contribution in [2.24, 2.45) is 11.7 Å². The van der Waals surface area contributed by atoms with Gasteiger partial charge in [0.2, 0.25) is 0 Å². The van der Waals surface area contributed by atoms with Crippen LogP contribution in [0.2, 0.25) is 0 Å². The minimum atomic E-state index is -0.317. The van der Waals surface area contributed by atoms with Gasteiger partial charge in [0.25, 0.3) is 0 Å². The van der Waals surface area contributed by atoms with Gasteiger partial charge >= 0.3 is 0 Å². The molecule has 0 amide bonds. The van der Waals surface area contributed by atoms with Crippen LogP contribution in [0.1, 0.15) is 43.7 Å². The van der Waals surface area contributed by atoms with Crippen molar-refractivity contribution < 1.29 is 13.9 Å². The Hall–Kier alpha value is -1.29. The fourth-order valence-corrected chi connectivity index (χ4v) is 2.89. The molecule has 106 valence electrons. The molecule has 3 nitrogen and oxygen atoms in total. The average molecular weight is 267 g/mol. The number of ether oxygens (including phenoxy) is 2. The Morgan fingerprint density at radius 3 is 2.37 bits per heavy atom. The van der Waals surface area contributed by atoms with E-state index in [9.17, 15) is 4.39 Å². The highest BCUT2D eigenvalue weighted by molar-refractivity contribution is 5.44. The molecule has 0 aromatic heterocycles. The zero-order chi connectivity index (χ0) is 13.8. The number of benzene rings is 1. The second kappa shape index (κ2) is 6.24. The summed E-state index contributed by atoms with van der Waals surface area (Å²) in [6.07, 6.45) is 5.80. The van der Waals surface area contributed by atoms with Gasteiger partial charge in [-0.15, -0.1) is 0 Å². The monoisotopic (exact) mass is 267 g/mol.